The number of ether oxygens (including phenoxy) is 2. The van der Waals surface area contributed by atoms with Crippen molar-refractivity contribution in [1.82, 2.24) is 0 Å². The molecule has 4 rings (SSSR count). The van der Waals surface area contributed by atoms with Gasteiger partial charge in [0.15, 0.2) is 5.70 Å². The Morgan fingerprint density at radius 3 is 2.62 bits per heavy atom. The van der Waals surface area contributed by atoms with E-state index in [2.05, 4.69) is 27.6 Å². The van der Waals surface area contributed by atoms with Crippen LogP contribution in [0.5, 0.6) is 5.75 Å². The van der Waals surface area contributed by atoms with E-state index in [4.69, 9.17) is 9.47 Å². The van der Waals surface area contributed by atoms with Gasteiger partial charge in [0.2, 0.25) is 5.90 Å². The summed E-state index contributed by atoms with van der Waals surface area (Å²) >= 11 is 2.26. The second-order valence-electron chi connectivity index (χ2n) is 7.01. The topological polar surface area (TPSA) is 91.0 Å². The summed E-state index contributed by atoms with van der Waals surface area (Å²) in [4.78, 5) is 27.3. The van der Waals surface area contributed by atoms with Crippen molar-refractivity contribution in [3.8, 4) is 5.75 Å². The number of aryl methyl sites for hydroxylation is 1. The van der Waals surface area contributed by atoms with Gasteiger partial charge in [-0.15, -0.1) is 0 Å². The van der Waals surface area contributed by atoms with Gasteiger partial charge in [-0.25, -0.2) is 9.79 Å². The predicted molar refractivity (Wildman–Crippen MR) is 128 cm³/mol. The number of hydrogen-bond donors (Lipinski definition) is 0. The van der Waals surface area contributed by atoms with Crippen LogP contribution in [0.15, 0.2) is 77.4 Å². The number of nitrogens with zero attached hydrogens (tertiary/aromatic N) is 2. The van der Waals surface area contributed by atoms with Crippen LogP contribution in [0.2, 0.25) is 0 Å². The molecule has 3 aromatic carbocycles. The number of halogens is 1. The fourth-order valence-corrected chi connectivity index (χ4v) is 3.72. The van der Waals surface area contributed by atoms with Gasteiger partial charge in [-0.1, -0.05) is 36.4 Å². The van der Waals surface area contributed by atoms with Gasteiger partial charge in [0.25, 0.3) is 5.69 Å². The normalized spacial score (nSPS) is 14.2. The minimum Gasteiger partial charge on any atom is -0.488 e. The molecule has 8 heteroatoms. The molecular weight excluding hydrogens is 523 g/mol. The molecule has 0 saturated heterocycles. The van der Waals surface area contributed by atoms with E-state index >= 15 is 0 Å². The van der Waals surface area contributed by atoms with Crippen molar-refractivity contribution in [3.63, 3.8) is 0 Å². The molecular formula is C24H17IN2O5. The average Bonchev–Trinajstić information content (AvgIpc) is 3.14. The largest absolute Gasteiger partial charge is 0.488 e. The number of nitro benzene ring substituents is 1. The summed E-state index contributed by atoms with van der Waals surface area (Å²) < 4.78 is 12.4. The van der Waals surface area contributed by atoms with Crippen LogP contribution in [-0.2, 0) is 16.1 Å². The molecule has 0 amide bonds. The van der Waals surface area contributed by atoms with Gasteiger partial charge in [-0.2, -0.15) is 0 Å². The van der Waals surface area contributed by atoms with Crippen LogP contribution in [-0.4, -0.2) is 16.8 Å². The Morgan fingerprint density at radius 2 is 1.88 bits per heavy atom. The third kappa shape index (κ3) is 4.70. The lowest BCUT2D eigenvalue weighted by Crippen LogP contribution is -2.06. The minimum atomic E-state index is -0.594. The predicted octanol–water partition coefficient (Wildman–Crippen LogP) is 5.43. The van der Waals surface area contributed by atoms with Crippen molar-refractivity contribution in [1.29, 1.82) is 0 Å². The number of benzene rings is 3. The van der Waals surface area contributed by atoms with Gasteiger partial charge in [0.1, 0.15) is 12.4 Å². The molecule has 32 heavy (non-hydrogen) atoms. The molecule has 0 N–H and O–H groups in total. The minimum absolute atomic E-state index is 0.00593. The van der Waals surface area contributed by atoms with E-state index in [1.807, 2.05) is 48.5 Å². The van der Waals surface area contributed by atoms with Crippen LogP contribution < -0.4 is 4.74 Å². The van der Waals surface area contributed by atoms with Gasteiger partial charge >= 0.3 is 5.97 Å². The standard InChI is InChI=1S/C24H17IN2O5/c1-15-12-17(10-11-21(15)27(29)30)23-26-20(24(28)32-23)13-16-6-3-5-9-22(16)31-14-18-7-2-4-8-19(18)25/h2-13H,14H2,1H3/b20-13-. The zero-order valence-corrected chi connectivity index (χ0v) is 19.1. The number of carbonyl (C=O) groups excluding carboxylic acids is 1. The van der Waals surface area contributed by atoms with E-state index in [0.29, 0.717) is 29.0 Å². The van der Waals surface area contributed by atoms with Crippen LogP contribution in [0, 0.1) is 20.6 Å². The van der Waals surface area contributed by atoms with E-state index in [-0.39, 0.29) is 17.3 Å². The highest BCUT2D eigenvalue weighted by Gasteiger charge is 2.25. The Morgan fingerprint density at radius 1 is 1.12 bits per heavy atom. The number of aliphatic imine (C=N–C) groups is 1. The second kappa shape index (κ2) is 9.31. The zero-order chi connectivity index (χ0) is 22.7. The molecule has 0 spiro atoms. The van der Waals surface area contributed by atoms with E-state index < -0.39 is 10.9 Å². The average molecular weight is 540 g/mol. The Balaban J connectivity index is 1.59. The summed E-state index contributed by atoms with van der Waals surface area (Å²) in [5.41, 5.74) is 2.82. The third-order valence-electron chi connectivity index (χ3n) is 4.81. The summed E-state index contributed by atoms with van der Waals surface area (Å²) in [5.74, 6) is 0.127. The van der Waals surface area contributed by atoms with Gasteiger partial charge in [0.05, 0.1) is 4.92 Å². The highest BCUT2D eigenvalue weighted by atomic mass is 127. The van der Waals surface area contributed by atoms with Crippen LogP contribution >= 0.6 is 22.6 Å². The Bertz CT molecular complexity index is 1280. The summed E-state index contributed by atoms with van der Waals surface area (Å²) in [6.45, 7) is 2.01. The van der Waals surface area contributed by atoms with E-state index in [1.54, 1.807) is 19.1 Å². The molecule has 1 heterocycles. The molecule has 0 aromatic heterocycles. The number of rotatable bonds is 6. The summed E-state index contributed by atoms with van der Waals surface area (Å²) in [6.07, 6.45) is 1.61. The molecule has 0 bridgehead atoms. The fourth-order valence-electron chi connectivity index (χ4n) is 3.18. The molecule has 0 saturated carbocycles. The molecule has 0 aliphatic carbocycles. The number of nitro groups is 1. The second-order valence-corrected chi connectivity index (χ2v) is 8.17. The quantitative estimate of drug-likeness (QED) is 0.137. The third-order valence-corrected chi connectivity index (χ3v) is 5.87. The van der Waals surface area contributed by atoms with Crippen LogP contribution in [0.4, 0.5) is 5.69 Å². The molecule has 0 unspecified atom stereocenters. The van der Waals surface area contributed by atoms with Crippen LogP contribution in [0.3, 0.4) is 0 Å². The van der Waals surface area contributed by atoms with Crippen molar-refractivity contribution in [2.24, 2.45) is 4.99 Å². The molecule has 160 valence electrons. The van der Waals surface area contributed by atoms with E-state index in [0.717, 1.165) is 9.13 Å². The number of esters is 1. The monoisotopic (exact) mass is 540 g/mol. The number of cyclic esters (lactones) is 1. The Labute approximate surface area is 197 Å². The van der Waals surface area contributed by atoms with Crippen molar-refractivity contribution in [2.75, 3.05) is 0 Å². The van der Waals surface area contributed by atoms with Crippen molar-refractivity contribution >= 4 is 46.2 Å². The maximum Gasteiger partial charge on any atom is 0.363 e. The zero-order valence-electron chi connectivity index (χ0n) is 16.9. The van der Waals surface area contributed by atoms with Crippen molar-refractivity contribution in [2.45, 2.75) is 13.5 Å². The van der Waals surface area contributed by atoms with Crippen molar-refractivity contribution in [3.05, 3.63) is 108 Å². The van der Waals surface area contributed by atoms with E-state index in [9.17, 15) is 14.9 Å². The molecule has 1 aliphatic heterocycles. The summed E-state index contributed by atoms with van der Waals surface area (Å²) in [7, 11) is 0. The first-order chi connectivity index (χ1) is 15.4. The highest BCUT2D eigenvalue weighted by Crippen LogP contribution is 2.27. The number of para-hydroxylation sites is 1. The molecule has 1 aliphatic rings. The molecule has 0 radical (unpaired) electrons. The molecule has 3 aromatic rings. The number of carbonyl (C=O) groups is 1. The van der Waals surface area contributed by atoms with Gasteiger partial charge in [-0.05, 0) is 59.9 Å². The molecule has 7 nitrogen and oxygen atoms in total. The number of hydrogen-bond acceptors (Lipinski definition) is 6. The lowest BCUT2D eigenvalue weighted by atomic mass is 10.1. The summed E-state index contributed by atoms with van der Waals surface area (Å²) in [6, 6.07) is 19.8. The first kappa shape index (κ1) is 21.7. The lowest BCUT2D eigenvalue weighted by Gasteiger charge is -2.10. The fraction of sp³-hybridized carbons (Fsp3) is 0.0833. The van der Waals surface area contributed by atoms with Gasteiger partial charge in [-0.3, -0.25) is 10.1 Å². The Kier molecular flexibility index (Phi) is 6.31. The highest BCUT2D eigenvalue weighted by molar-refractivity contribution is 14.1. The first-order valence-electron chi connectivity index (χ1n) is 9.65. The van der Waals surface area contributed by atoms with Crippen LogP contribution in [0.1, 0.15) is 22.3 Å². The van der Waals surface area contributed by atoms with E-state index in [1.165, 1.54) is 12.1 Å². The smallest absolute Gasteiger partial charge is 0.363 e. The molecule has 0 fully saturated rings. The Hall–Kier alpha value is -3.53. The maximum absolute atomic E-state index is 12.4. The summed E-state index contributed by atoms with van der Waals surface area (Å²) in [5, 5.41) is 11.0. The molecule has 0 atom stereocenters. The van der Waals surface area contributed by atoms with Crippen molar-refractivity contribution < 1.29 is 19.2 Å². The van der Waals surface area contributed by atoms with Crippen LogP contribution in [0.25, 0.3) is 6.08 Å². The van der Waals surface area contributed by atoms with Gasteiger partial charge < -0.3 is 9.47 Å². The van der Waals surface area contributed by atoms with Gasteiger partial charge in [0, 0.05) is 31.9 Å². The SMILES string of the molecule is Cc1cc(C2=N/C(=C\c3ccccc3OCc3ccccc3I)C(=O)O2)ccc1[N+](=O)[O-]. The lowest BCUT2D eigenvalue weighted by molar-refractivity contribution is -0.385. The maximum atomic E-state index is 12.4. The first-order valence-corrected chi connectivity index (χ1v) is 10.7.